The van der Waals surface area contributed by atoms with Gasteiger partial charge in [-0.05, 0) is 0 Å². The van der Waals surface area contributed by atoms with E-state index in [1.165, 1.54) is 72.6 Å². The third-order valence-electron chi connectivity index (χ3n) is 12.7. The zero-order valence-corrected chi connectivity index (χ0v) is 34.1. The Hall–Kier alpha value is -1.27. The summed E-state index contributed by atoms with van der Waals surface area (Å²) in [4.78, 5) is 0. The van der Waals surface area contributed by atoms with Gasteiger partial charge in [0.15, 0.2) is 0 Å². The van der Waals surface area contributed by atoms with E-state index >= 15 is 0 Å². The third kappa shape index (κ3) is 5.65. The van der Waals surface area contributed by atoms with Crippen LogP contribution in [-0.4, -0.2) is 3.21 Å². The van der Waals surface area contributed by atoms with E-state index < -0.39 is 21.3 Å². The van der Waals surface area contributed by atoms with Gasteiger partial charge in [-0.25, -0.2) is 0 Å². The predicted octanol–water partition coefficient (Wildman–Crippen LogP) is 6.52. The molecule has 3 aliphatic carbocycles. The summed E-state index contributed by atoms with van der Waals surface area (Å²) in [7, 11) is 0. The van der Waals surface area contributed by atoms with Gasteiger partial charge in [-0.2, -0.15) is 0 Å². The van der Waals surface area contributed by atoms with Crippen molar-refractivity contribution in [3.05, 3.63) is 90.8 Å². The molecule has 0 nitrogen and oxygen atoms in total. The number of fused-ring (bicyclic) bond motifs is 8. The average Bonchev–Trinajstić information content (AvgIpc) is 3.65. The van der Waals surface area contributed by atoms with E-state index in [1.807, 2.05) is 12.1 Å². The summed E-state index contributed by atoms with van der Waals surface area (Å²) in [6.07, 6.45) is 16.7. The van der Waals surface area contributed by atoms with E-state index in [2.05, 4.69) is 118 Å². The number of allylic oxidation sites excluding steroid dienone is 4. The standard InChI is InChI=1S/C29H33.C9H18.C5H5.2ClH.Zr/c1-14-13-24-25(18(5)15(14)2)21(8)28-27-20(7)17(4)16(3)19(6)26(27)22-11-9-10-12-23(22)29(24)28;1-3-5-7-9-8-6-4-2;1-2-4-5-3-1;;;/h9-13,16-17,19,21H,1-8H3;3-8H2,1-2H3;1-3H,4H2;2*1H;/q;;;;;+2/p-2. The quantitative estimate of drug-likeness (QED) is 0.247. The molecular weight excluding hydrogens is 679 g/mol. The summed E-state index contributed by atoms with van der Waals surface area (Å²) >= 11 is -2.43. The Morgan fingerprint density at radius 3 is 2.07 bits per heavy atom. The minimum Gasteiger partial charge on any atom is -1.00 e. The van der Waals surface area contributed by atoms with Crippen LogP contribution in [0.1, 0.15) is 144 Å². The van der Waals surface area contributed by atoms with Gasteiger partial charge in [0.2, 0.25) is 0 Å². The summed E-state index contributed by atoms with van der Waals surface area (Å²) in [6, 6.07) is 12.1. The maximum Gasteiger partial charge on any atom is -1.00 e. The van der Waals surface area contributed by atoms with Crippen molar-refractivity contribution < 1.29 is 46.1 Å². The van der Waals surface area contributed by atoms with E-state index in [4.69, 9.17) is 0 Å². The van der Waals surface area contributed by atoms with Gasteiger partial charge in [-0.1, -0.05) is 0 Å². The van der Waals surface area contributed by atoms with Crippen molar-refractivity contribution in [1.82, 2.24) is 0 Å². The van der Waals surface area contributed by atoms with Crippen LogP contribution in [0.2, 0.25) is 0 Å². The summed E-state index contributed by atoms with van der Waals surface area (Å²) in [5, 5.41) is 3.04. The second kappa shape index (κ2) is 14.7. The largest absolute Gasteiger partial charge is 1.00 e. The Bertz CT molecular complexity index is 1710. The van der Waals surface area contributed by atoms with Crippen LogP contribution in [0, 0.1) is 32.6 Å². The van der Waals surface area contributed by atoms with E-state index in [9.17, 15) is 0 Å². The fraction of sp³-hybridized carbons (Fsp3) is 0.512. The Morgan fingerprint density at radius 1 is 0.848 bits per heavy atom. The fourth-order valence-corrected chi connectivity index (χ4v) is 20.9. The molecule has 0 amide bonds. The predicted molar refractivity (Wildman–Crippen MR) is 191 cm³/mol. The number of benzene rings is 3. The average molecular weight is 735 g/mol. The molecule has 0 saturated heterocycles. The van der Waals surface area contributed by atoms with Crippen LogP contribution >= 0.6 is 0 Å². The van der Waals surface area contributed by atoms with Crippen molar-refractivity contribution in [2.75, 3.05) is 0 Å². The van der Waals surface area contributed by atoms with E-state index in [-0.39, 0.29) is 27.9 Å². The monoisotopic (exact) mass is 732 g/mol. The smallest absolute Gasteiger partial charge is 1.00 e. The molecule has 3 heteroatoms. The summed E-state index contributed by atoms with van der Waals surface area (Å²) < 4.78 is 4.12. The molecule has 0 spiro atoms. The fourth-order valence-electron chi connectivity index (χ4n) is 9.77. The molecule has 0 saturated carbocycles. The summed E-state index contributed by atoms with van der Waals surface area (Å²) in [5.74, 6) is 2.30. The van der Waals surface area contributed by atoms with Gasteiger partial charge in [0.05, 0.1) is 0 Å². The van der Waals surface area contributed by atoms with Crippen molar-refractivity contribution in [3.8, 4) is 11.1 Å². The van der Waals surface area contributed by atoms with Gasteiger partial charge >= 0.3 is 278 Å². The van der Waals surface area contributed by atoms with Crippen LogP contribution in [0.25, 0.3) is 21.9 Å². The molecule has 46 heavy (non-hydrogen) atoms. The van der Waals surface area contributed by atoms with Crippen LogP contribution in [0.3, 0.4) is 0 Å². The number of hydrogen-bond acceptors (Lipinski definition) is 0. The van der Waals surface area contributed by atoms with Crippen LogP contribution in [0.4, 0.5) is 0 Å². The van der Waals surface area contributed by atoms with Crippen molar-refractivity contribution in [1.29, 1.82) is 0 Å². The molecule has 0 bridgehead atoms. The zero-order valence-electron chi connectivity index (χ0n) is 30.1. The first-order valence-corrected chi connectivity index (χ1v) is 21.6. The maximum absolute atomic E-state index is 2.82. The van der Waals surface area contributed by atoms with Crippen LogP contribution in [0.15, 0.2) is 51.8 Å². The molecule has 0 heterocycles. The molecule has 0 fully saturated rings. The number of hydrogen-bond donors (Lipinski definition) is 0. The van der Waals surface area contributed by atoms with E-state index in [0.29, 0.717) is 23.7 Å². The second-order valence-corrected chi connectivity index (χ2v) is 22.6. The molecule has 3 aromatic carbocycles. The molecule has 0 radical (unpaired) electrons. The number of halogens is 2. The molecule has 3 aliphatic rings. The molecule has 5 unspecified atom stereocenters. The van der Waals surface area contributed by atoms with Crippen LogP contribution < -0.4 is 24.8 Å². The molecule has 6 rings (SSSR count). The number of rotatable bonds is 8. The van der Waals surface area contributed by atoms with E-state index in [0.717, 1.165) is 0 Å². The van der Waals surface area contributed by atoms with Gasteiger partial charge < -0.3 is 24.8 Å². The zero-order chi connectivity index (χ0) is 31.5. The van der Waals surface area contributed by atoms with Gasteiger partial charge in [-0.15, -0.1) is 0 Å². The number of unbranched alkanes of at least 4 members (excludes halogenated alkanes) is 2. The molecule has 3 aromatic rings. The first-order valence-electron chi connectivity index (χ1n) is 17.9. The summed E-state index contributed by atoms with van der Waals surface area (Å²) in [5.41, 5.74) is 14.4. The normalized spacial score (nSPS) is 23.9. The van der Waals surface area contributed by atoms with E-state index in [1.54, 1.807) is 27.6 Å². The second-order valence-electron chi connectivity index (χ2n) is 14.9. The number of aryl methyl sites for hydroxylation is 1. The third-order valence-corrected chi connectivity index (χ3v) is 22.5. The first kappa shape index (κ1) is 37.6. The molecule has 0 aromatic heterocycles. The Morgan fingerprint density at radius 2 is 1.48 bits per heavy atom. The van der Waals surface area contributed by atoms with Crippen molar-refractivity contribution in [2.45, 2.75) is 129 Å². The molecule has 0 N–H and O–H groups in total. The first-order chi connectivity index (χ1) is 21.1. The summed E-state index contributed by atoms with van der Waals surface area (Å²) in [6.45, 7) is 25.1. The Kier molecular flexibility index (Phi) is 12.0. The maximum atomic E-state index is 2.82. The van der Waals surface area contributed by atoms with Gasteiger partial charge in [0, 0.05) is 0 Å². The van der Waals surface area contributed by atoms with Crippen molar-refractivity contribution in [3.63, 3.8) is 0 Å². The Labute approximate surface area is 300 Å². The van der Waals surface area contributed by atoms with Crippen molar-refractivity contribution >= 4 is 14.0 Å². The minimum absolute atomic E-state index is 0. The van der Waals surface area contributed by atoms with Crippen molar-refractivity contribution in [2.24, 2.45) is 11.8 Å². The molecule has 5 atom stereocenters. The van der Waals surface area contributed by atoms with Gasteiger partial charge in [0.25, 0.3) is 0 Å². The van der Waals surface area contributed by atoms with Gasteiger partial charge in [-0.3, -0.25) is 0 Å². The minimum atomic E-state index is -2.43. The van der Waals surface area contributed by atoms with Crippen LogP contribution in [0.5, 0.6) is 0 Å². The SMILES string of the molecule is CCCC[C](CCCC)=[Zr+2]([C]1=CC=CC1)[C]1(C)c2c3c(c4ccccc4c2C(C)C(C)C1C)-c1cc(C)c(C)c(C)c1C3C.[Cl-].[Cl-]. The van der Waals surface area contributed by atoms with Gasteiger partial charge in [0.1, 0.15) is 0 Å². The molecular formula is C43H56Cl2Zr. The molecule has 0 aliphatic heterocycles. The van der Waals surface area contributed by atoms with Crippen LogP contribution in [-0.2, 0) is 24.4 Å². The Balaban J connectivity index is 0.00000240. The topological polar surface area (TPSA) is 0 Å². The molecule has 246 valence electrons.